The zero-order valence-corrected chi connectivity index (χ0v) is 12.4. The molecule has 0 bridgehead atoms. The summed E-state index contributed by atoms with van der Waals surface area (Å²) in [6.07, 6.45) is 0.734. The van der Waals surface area contributed by atoms with Crippen LogP contribution in [0.4, 0.5) is 4.79 Å². The predicted molar refractivity (Wildman–Crippen MR) is 73.5 cm³/mol. The largest absolute Gasteiger partial charge is 0.444 e. The number of carbonyl (C=O) groups excluding carboxylic acids is 1. The highest BCUT2D eigenvalue weighted by molar-refractivity contribution is 7.10. The molecule has 104 valence electrons. The van der Waals surface area contributed by atoms with E-state index in [-0.39, 0.29) is 11.7 Å². The Bertz CT molecular complexity index is 497. The van der Waals surface area contributed by atoms with Crippen LogP contribution >= 0.6 is 11.3 Å². The molecule has 1 fully saturated rings. The van der Waals surface area contributed by atoms with Crippen LogP contribution < -0.4 is 0 Å². The fraction of sp³-hybridized carbons (Fsp3) is 0.643. The number of thiophene rings is 1. The maximum absolute atomic E-state index is 12.0. The summed E-state index contributed by atoms with van der Waals surface area (Å²) in [5.41, 5.74) is 0.667. The molecule has 1 amide bonds. The van der Waals surface area contributed by atoms with Crippen molar-refractivity contribution < 1.29 is 14.3 Å². The molecule has 5 heteroatoms. The lowest BCUT2D eigenvalue weighted by atomic mass is 9.87. The van der Waals surface area contributed by atoms with Gasteiger partial charge in [0.1, 0.15) is 11.2 Å². The maximum Gasteiger partial charge on any atom is 0.410 e. The molecule has 3 rings (SSSR count). The highest BCUT2D eigenvalue weighted by atomic mass is 32.1. The second kappa shape index (κ2) is 4.21. The molecular formula is C14H19NO3S. The highest BCUT2D eigenvalue weighted by Crippen LogP contribution is 2.43. The third kappa shape index (κ3) is 2.25. The van der Waals surface area contributed by atoms with Crippen molar-refractivity contribution in [1.29, 1.82) is 0 Å². The van der Waals surface area contributed by atoms with E-state index in [2.05, 4.69) is 11.4 Å². The Labute approximate surface area is 117 Å². The fourth-order valence-electron chi connectivity index (χ4n) is 2.62. The molecule has 0 atom stereocenters. The molecule has 0 aromatic carbocycles. The van der Waals surface area contributed by atoms with Gasteiger partial charge in [-0.25, -0.2) is 4.79 Å². The molecule has 1 saturated heterocycles. The van der Waals surface area contributed by atoms with Gasteiger partial charge in [0.15, 0.2) is 0 Å². The number of hydrogen-bond acceptors (Lipinski definition) is 4. The SMILES string of the molecule is CC(C)(C)OC(=O)N1CC2(C1)OCCc1ccsc12. The molecule has 4 nitrogen and oxygen atoms in total. The van der Waals surface area contributed by atoms with Crippen molar-refractivity contribution in [2.24, 2.45) is 0 Å². The van der Waals surface area contributed by atoms with Crippen LogP contribution in [-0.2, 0) is 21.5 Å². The highest BCUT2D eigenvalue weighted by Gasteiger charge is 2.51. The average molecular weight is 281 g/mol. The molecule has 0 radical (unpaired) electrons. The zero-order valence-electron chi connectivity index (χ0n) is 11.6. The fourth-order valence-corrected chi connectivity index (χ4v) is 3.71. The minimum atomic E-state index is -0.443. The van der Waals surface area contributed by atoms with E-state index in [1.165, 1.54) is 10.4 Å². The molecule has 0 saturated carbocycles. The molecule has 0 unspecified atom stereocenters. The van der Waals surface area contributed by atoms with Crippen LogP contribution in [0.15, 0.2) is 11.4 Å². The van der Waals surface area contributed by atoms with Gasteiger partial charge in [-0.15, -0.1) is 11.3 Å². The van der Waals surface area contributed by atoms with E-state index < -0.39 is 5.60 Å². The number of likely N-dealkylation sites (tertiary alicyclic amines) is 1. The first-order chi connectivity index (χ1) is 8.90. The number of nitrogens with zero attached hydrogens (tertiary/aromatic N) is 1. The third-order valence-corrected chi connectivity index (χ3v) is 4.60. The Morgan fingerprint density at radius 1 is 1.47 bits per heavy atom. The van der Waals surface area contributed by atoms with E-state index in [9.17, 15) is 4.79 Å². The van der Waals surface area contributed by atoms with Crippen molar-refractivity contribution >= 4 is 17.4 Å². The Balaban J connectivity index is 1.69. The number of fused-ring (bicyclic) bond motifs is 2. The van der Waals surface area contributed by atoms with Gasteiger partial charge >= 0.3 is 6.09 Å². The molecular weight excluding hydrogens is 262 g/mol. The monoisotopic (exact) mass is 281 g/mol. The molecule has 3 heterocycles. The number of carbonyl (C=O) groups is 1. The van der Waals surface area contributed by atoms with Gasteiger partial charge in [0.2, 0.25) is 0 Å². The van der Waals surface area contributed by atoms with Gasteiger partial charge in [0.05, 0.1) is 19.7 Å². The Morgan fingerprint density at radius 2 is 2.21 bits per heavy atom. The van der Waals surface area contributed by atoms with Crippen LogP contribution in [0.5, 0.6) is 0 Å². The summed E-state index contributed by atoms with van der Waals surface area (Å²) in [5.74, 6) is 0. The van der Waals surface area contributed by atoms with Crippen LogP contribution in [0.25, 0.3) is 0 Å². The number of amides is 1. The van der Waals surface area contributed by atoms with Crippen LogP contribution in [0.3, 0.4) is 0 Å². The lowest BCUT2D eigenvalue weighted by molar-refractivity contribution is -0.150. The van der Waals surface area contributed by atoms with Crippen LogP contribution in [0.1, 0.15) is 31.2 Å². The summed E-state index contributed by atoms with van der Waals surface area (Å²) in [5, 5.41) is 2.11. The molecule has 1 spiro atoms. The number of ether oxygens (including phenoxy) is 2. The van der Waals surface area contributed by atoms with Crippen LogP contribution in [-0.4, -0.2) is 36.3 Å². The second-order valence-electron chi connectivity index (χ2n) is 6.20. The van der Waals surface area contributed by atoms with E-state index in [0.29, 0.717) is 13.1 Å². The van der Waals surface area contributed by atoms with Crippen molar-refractivity contribution in [3.63, 3.8) is 0 Å². The summed E-state index contributed by atoms with van der Waals surface area (Å²) >= 11 is 1.73. The lowest BCUT2D eigenvalue weighted by Gasteiger charge is -2.50. The van der Waals surface area contributed by atoms with Gasteiger partial charge in [-0.3, -0.25) is 0 Å². The number of rotatable bonds is 0. The van der Waals surface area contributed by atoms with Gasteiger partial charge in [-0.2, -0.15) is 0 Å². The van der Waals surface area contributed by atoms with E-state index in [4.69, 9.17) is 9.47 Å². The minimum absolute atomic E-state index is 0.245. The quantitative estimate of drug-likeness (QED) is 0.734. The molecule has 0 N–H and O–H groups in total. The van der Waals surface area contributed by atoms with Gasteiger partial charge in [-0.05, 0) is 44.2 Å². The second-order valence-corrected chi connectivity index (χ2v) is 7.12. The lowest BCUT2D eigenvalue weighted by Crippen LogP contribution is -2.64. The van der Waals surface area contributed by atoms with Crippen molar-refractivity contribution in [3.8, 4) is 0 Å². The minimum Gasteiger partial charge on any atom is -0.444 e. The van der Waals surface area contributed by atoms with E-state index in [1.807, 2.05) is 20.8 Å². The first-order valence-electron chi connectivity index (χ1n) is 6.58. The predicted octanol–water partition coefficient (Wildman–Crippen LogP) is 2.77. The Kier molecular flexibility index (Phi) is 2.87. The first kappa shape index (κ1) is 12.9. The summed E-state index contributed by atoms with van der Waals surface area (Å²) in [6, 6.07) is 2.17. The van der Waals surface area contributed by atoms with Gasteiger partial charge in [0.25, 0.3) is 0 Å². The average Bonchev–Trinajstić information content (AvgIpc) is 2.70. The summed E-state index contributed by atoms with van der Waals surface area (Å²) in [7, 11) is 0. The van der Waals surface area contributed by atoms with Crippen molar-refractivity contribution in [2.75, 3.05) is 19.7 Å². The summed E-state index contributed by atoms with van der Waals surface area (Å²) in [4.78, 5) is 15.0. The molecule has 0 aliphatic carbocycles. The maximum atomic E-state index is 12.0. The first-order valence-corrected chi connectivity index (χ1v) is 7.46. The van der Waals surface area contributed by atoms with Gasteiger partial charge in [0, 0.05) is 4.88 Å². The zero-order chi connectivity index (χ0) is 13.7. The van der Waals surface area contributed by atoms with Crippen LogP contribution in [0.2, 0.25) is 0 Å². The molecule has 1 aromatic rings. The van der Waals surface area contributed by atoms with E-state index in [1.54, 1.807) is 16.2 Å². The number of hydrogen-bond donors (Lipinski definition) is 0. The standard InChI is InChI=1S/C14H19NO3S/c1-13(2,3)18-12(16)15-8-14(9-15)11-10(4-6-17-14)5-7-19-11/h5,7H,4,6,8-9H2,1-3H3. The third-order valence-electron chi connectivity index (χ3n) is 3.45. The normalized spacial score (nSPS) is 20.9. The van der Waals surface area contributed by atoms with Crippen LogP contribution in [0, 0.1) is 0 Å². The topological polar surface area (TPSA) is 38.8 Å². The molecule has 19 heavy (non-hydrogen) atoms. The van der Waals surface area contributed by atoms with Crippen molar-refractivity contribution in [2.45, 2.75) is 38.4 Å². The molecule has 2 aliphatic rings. The van der Waals surface area contributed by atoms with Crippen molar-refractivity contribution in [1.82, 2.24) is 4.90 Å². The Morgan fingerprint density at radius 3 is 2.89 bits per heavy atom. The molecule has 2 aliphatic heterocycles. The summed E-state index contributed by atoms with van der Waals surface area (Å²) < 4.78 is 11.3. The smallest absolute Gasteiger partial charge is 0.410 e. The van der Waals surface area contributed by atoms with Gasteiger partial charge in [-0.1, -0.05) is 0 Å². The van der Waals surface area contributed by atoms with E-state index >= 15 is 0 Å². The van der Waals surface area contributed by atoms with Gasteiger partial charge < -0.3 is 14.4 Å². The molecule has 1 aromatic heterocycles. The van der Waals surface area contributed by atoms with E-state index in [0.717, 1.165) is 13.0 Å². The Hall–Kier alpha value is -1.07. The summed E-state index contributed by atoms with van der Waals surface area (Å²) in [6.45, 7) is 7.61. The van der Waals surface area contributed by atoms with Crippen molar-refractivity contribution in [3.05, 3.63) is 21.9 Å².